The Kier molecular flexibility index (Phi) is 5.78. The van der Waals surface area contributed by atoms with Gasteiger partial charge in [0.2, 0.25) is 5.91 Å². The largest absolute Gasteiger partial charge is 0.391 e. The summed E-state index contributed by atoms with van der Waals surface area (Å²) in [6.07, 6.45) is 2.41. The molecule has 2 heterocycles. The van der Waals surface area contributed by atoms with E-state index in [9.17, 15) is 14.7 Å². The number of benzene rings is 1. The fourth-order valence-corrected chi connectivity index (χ4v) is 3.30. The summed E-state index contributed by atoms with van der Waals surface area (Å²) in [7, 11) is 0. The number of β-amino-alcohol motifs (C(OH)–C–C–N with tert-alkyl or cyclic N) is 1. The van der Waals surface area contributed by atoms with Crippen LogP contribution >= 0.6 is 11.6 Å². The molecule has 7 nitrogen and oxygen atoms in total. The normalized spacial score (nSPS) is 17.5. The summed E-state index contributed by atoms with van der Waals surface area (Å²) >= 11 is 5.91. The molecule has 0 radical (unpaired) electrons. The summed E-state index contributed by atoms with van der Waals surface area (Å²) in [5.74, 6) is 0.414. The van der Waals surface area contributed by atoms with E-state index in [1.54, 1.807) is 29.2 Å². The highest BCUT2D eigenvalue weighted by molar-refractivity contribution is 6.30. The van der Waals surface area contributed by atoms with Gasteiger partial charge in [0.05, 0.1) is 11.8 Å². The van der Waals surface area contributed by atoms with Crippen molar-refractivity contribution in [1.82, 2.24) is 19.2 Å². The quantitative estimate of drug-likeness (QED) is 0.857. The number of hydrogen-bond acceptors (Lipinski definition) is 4. The van der Waals surface area contributed by atoms with Gasteiger partial charge in [-0.05, 0) is 43.5 Å². The van der Waals surface area contributed by atoms with Crippen molar-refractivity contribution in [3.8, 4) is 5.69 Å². The van der Waals surface area contributed by atoms with Crippen molar-refractivity contribution >= 4 is 17.5 Å². The molecule has 2 aromatic rings. The Bertz CT molecular complexity index is 828. The first kappa shape index (κ1) is 18.7. The maximum atomic E-state index is 12.8. The molecule has 0 bridgehead atoms. The molecule has 1 amide bonds. The number of likely N-dealkylation sites (tertiary alicyclic amines) is 1. The van der Waals surface area contributed by atoms with Crippen molar-refractivity contribution < 1.29 is 9.90 Å². The van der Waals surface area contributed by atoms with Gasteiger partial charge >= 0.3 is 5.69 Å². The smallest absolute Gasteiger partial charge is 0.351 e. The van der Waals surface area contributed by atoms with Crippen LogP contribution in [0.3, 0.4) is 0 Å². The van der Waals surface area contributed by atoms with E-state index in [4.69, 9.17) is 11.6 Å². The number of carbonyl (C=O) groups is 1. The predicted molar refractivity (Wildman–Crippen MR) is 98.6 cm³/mol. The number of piperidine rings is 1. The molecule has 0 spiro atoms. The van der Waals surface area contributed by atoms with Crippen molar-refractivity contribution in [2.75, 3.05) is 13.1 Å². The van der Waals surface area contributed by atoms with E-state index < -0.39 is 6.10 Å². The number of carbonyl (C=O) groups excluding carboxylic acids is 1. The van der Waals surface area contributed by atoms with Crippen LogP contribution < -0.4 is 5.69 Å². The van der Waals surface area contributed by atoms with E-state index in [0.29, 0.717) is 42.5 Å². The van der Waals surface area contributed by atoms with Crippen molar-refractivity contribution in [2.45, 2.75) is 45.3 Å². The van der Waals surface area contributed by atoms with Gasteiger partial charge in [-0.25, -0.2) is 4.79 Å². The average Bonchev–Trinajstić information content (AvgIpc) is 2.92. The third kappa shape index (κ3) is 3.99. The Morgan fingerprint density at radius 1 is 1.35 bits per heavy atom. The zero-order chi connectivity index (χ0) is 18.7. The Morgan fingerprint density at radius 3 is 2.73 bits per heavy atom. The molecule has 1 fully saturated rings. The standard InChI is InChI=1S/C18H23ClN4O3/c1-2-4-16-20-23(14-8-6-13(19)7-9-14)18(26)22(16)12-17(25)21-10-3-5-15(24)11-21/h6-9,15,24H,2-5,10-12H2,1H3. The lowest BCUT2D eigenvalue weighted by atomic mass is 10.1. The predicted octanol–water partition coefficient (Wildman–Crippen LogP) is 1.62. The summed E-state index contributed by atoms with van der Waals surface area (Å²) in [4.78, 5) is 27.1. The SMILES string of the molecule is CCCc1nn(-c2ccc(Cl)cc2)c(=O)n1CC(=O)N1CCCC(O)C1. The molecule has 1 aliphatic heterocycles. The van der Waals surface area contributed by atoms with Gasteiger partial charge in [0.25, 0.3) is 0 Å². The van der Waals surface area contributed by atoms with E-state index in [1.165, 1.54) is 9.25 Å². The minimum atomic E-state index is -0.490. The third-order valence-corrected chi connectivity index (χ3v) is 4.78. The van der Waals surface area contributed by atoms with Crippen LogP contribution in [-0.2, 0) is 17.8 Å². The fraction of sp³-hybridized carbons (Fsp3) is 0.500. The molecule has 1 aliphatic rings. The molecule has 1 atom stereocenters. The second-order valence-electron chi connectivity index (χ2n) is 6.56. The number of aliphatic hydroxyl groups is 1. The number of nitrogens with zero attached hydrogens (tertiary/aromatic N) is 4. The maximum Gasteiger partial charge on any atom is 0.351 e. The molecule has 1 aromatic carbocycles. The number of amides is 1. The molecule has 1 aromatic heterocycles. The minimum absolute atomic E-state index is 0.0610. The first-order chi connectivity index (χ1) is 12.5. The highest BCUT2D eigenvalue weighted by Crippen LogP contribution is 2.13. The number of aliphatic hydroxyl groups excluding tert-OH is 1. The summed E-state index contributed by atoms with van der Waals surface area (Å²) in [5.41, 5.74) is 0.262. The highest BCUT2D eigenvalue weighted by atomic mass is 35.5. The molecule has 26 heavy (non-hydrogen) atoms. The van der Waals surface area contributed by atoms with E-state index in [0.717, 1.165) is 12.8 Å². The van der Waals surface area contributed by atoms with E-state index in [2.05, 4.69) is 5.10 Å². The number of rotatable bonds is 5. The lowest BCUT2D eigenvalue weighted by Gasteiger charge is -2.30. The van der Waals surface area contributed by atoms with Gasteiger partial charge in [-0.3, -0.25) is 9.36 Å². The molecule has 1 N–H and O–H groups in total. The number of aryl methyl sites for hydroxylation is 1. The number of halogens is 1. The van der Waals surface area contributed by atoms with Crippen LogP contribution in [0.25, 0.3) is 5.69 Å². The van der Waals surface area contributed by atoms with Crippen molar-refractivity contribution in [2.24, 2.45) is 0 Å². The molecule has 0 aliphatic carbocycles. The first-order valence-electron chi connectivity index (χ1n) is 8.90. The maximum absolute atomic E-state index is 12.8. The van der Waals surface area contributed by atoms with Crippen molar-refractivity contribution in [1.29, 1.82) is 0 Å². The first-order valence-corrected chi connectivity index (χ1v) is 9.28. The van der Waals surface area contributed by atoms with Gasteiger partial charge in [-0.15, -0.1) is 5.10 Å². The van der Waals surface area contributed by atoms with E-state index in [1.807, 2.05) is 6.92 Å². The fourth-order valence-electron chi connectivity index (χ4n) is 3.17. The molecule has 1 unspecified atom stereocenters. The van der Waals surface area contributed by atoms with Gasteiger partial charge in [0.15, 0.2) is 0 Å². The second kappa shape index (κ2) is 8.05. The van der Waals surface area contributed by atoms with E-state index in [-0.39, 0.29) is 18.1 Å². The topological polar surface area (TPSA) is 80.4 Å². The van der Waals surface area contributed by atoms with Crippen LogP contribution in [0.4, 0.5) is 0 Å². The van der Waals surface area contributed by atoms with Gasteiger partial charge in [0.1, 0.15) is 12.4 Å². The summed E-state index contributed by atoms with van der Waals surface area (Å²) in [6.45, 7) is 2.87. The molecule has 140 valence electrons. The minimum Gasteiger partial charge on any atom is -0.391 e. The molecule has 1 saturated heterocycles. The van der Waals surface area contributed by atoms with Crippen LogP contribution in [0.1, 0.15) is 32.0 Å². The summed E-state index contributed by atoms with van der Waals surface area (Å²) in [5, 5.41) is 14.8. The lowest BCUT2D eigenvalue weighted by molar-refractivity contribution is -0.135. The molecular formula is C18H23ClN4O3. The van der Waals surface area contributed by atoms with E-state index >= 15 is 0 Å². The molecular weight excluding hydrogens is 356 g/mol. The average molecular weight is 379 g/mol. The van der Waals surface area contributed by atoms with Gasteiger partial charge in [-0.2, -0.15) is 4.68 Å². The Labute approximate surface area is 156 Å². The van der Waals surface area contributed by atoms with Crippen molar-refractivity contribution in [3.63, 3.8) is 0 Å². The monoisotopic (exact) mass is 378 g/mol. The van der Waals surface area contributed by atoms with Crippen LogP contribution in [0.2, 0.25) is 5.02 Å². The molecule has 8 heteroatoms. The van der Waals surface area contributed by atoms with Crippen LogP contribution in [0, 0.1) is 0 Å². The number of aromatic nitrogens is 3. The lowest BCUT2D eigenvalue weighted by Crippen LogP contribution is -2.44. The van der Waals surface area contributed by atoms with Crippen LogP contribution in [0.5, 0.6) is 0 Å². The summed E-state index contributed by atoms with van der Waals surface area (Å²) in [6, 6.07) is 6.84. The Balaban J connectivity index is 1.89. The third-order valence-electron chi connectivity index (χ3n) is 4.53. The zero-order valence-electron chi connectivity index (χ0n) is 14.8. The second-order valence-corrected chi connectivity index (χ2v) is 7.00. The molecule has 3 rings (SSSR count). The zero-order valence-corrected chi connectivity index (χ0v) is 15.5. The van der Waals surface area contributed by atoms with Gasteiger partial charge in [-0.1, -0.05) is 18.5 Å². The van der Waals surface area contributed by atoms with Crippen LogP contribution in [0.15, 0.2) is 29.1 Å². The summed E-state index contributed by atoms with van der Waals surface area (Å²) < 4.78 is 2.74. The van der Waals surface area contributed by atoms with Crippen molar-refractivity contribution in [3.05, 3.63) is 45.6 Å². The van der Waals surface area contributed by atoms with Gasteiger partial charge < -0.3 is 10.0 Å². The Morgan fingerprint density at radius 2 is 2.08 bits per heavy atom. The molecule has 0 saturated carbocycles. The highest BCUT2D eigenvalue weighted by Gasteiger charge is 2.24. The number of hydrogen-bond donors (Lipinski definition) is 1. The van der Waals surface area contributed by atoms with Crippen LogP contribution in [-0.4, -0.2) is 49.5 Å². The van der Waals surface area contributed by atoms with Gasteiger partial charge in [0, 0.05) is 24.5 Å². The Hall–Kier alpha value is -2.12.